The van der Waals surface area contributed by atoms with Gasteiger partial charge < -0.3 is 10.2 Å². The average Bonchev–Trinajstić information content (AvgIpc) is 2.69. The number of ketones is 3. The van der Waals surface area contributed by atoms with Crippen LogP contribution in [-0.2, 0) is 14.4 Å². The molecule has 5 heteroatoms. The van der Waals surface area contributed by atoms with Gasteiger partial charge in [0, 0.05) is 5.92 Å². The van der Waals surface area contributed by atoms with Gasteiger partial charge in [-0.05, 0) is 40.5 Å². The van der Waals surface area contributed by atoms with Crippen LogP contribution in [-0.4, -0.2) is 39.3 Å². The van der Waals surface area contributed by atoms with Gasteiger partial charge in [0.15, 0.2) is 23.0 Å². The minimum Gasteiger partial charge on any atom is -0.389 e. The number of carbonyl (C=O) groups excluding carboxylic acids is 3. The molecule has 1 fully saturated rings. The van der Waals surface area contributed by atoms with Crippen LogP contribution in [0.2, 0.25) is 0 Å². The molecule has 5 nitrogen and oxygen atoms in total. The van der Waals surface area contributed by atoms with E-state index in [9.17, 15) is 24.6 Å². The quantitative estimate of drug-likeness (QED) is 0.543. The van der Waals surface area contributed by atoms with Gasteiger partial charge in [-0.2, -0.15) is 0 Å². The molecule has 0 aromatic carbocycles. The molecule has 1 saturated carbocycles. The van der Waals surface area contributed by atoms with E-state index in [1.165, 1.54) is 0 Å². The van der Waals surface area contributed by atoms with Crippen LogP contribution in [0, 0.1) is 17.8 Å². The van der Waals surface area contributed by atoms with Crippen LogP contribution in [0.15, 0.2) is 23.3 Å². The van der Waals surface area contributed by atoms with Crippen molar-refractivity contribution in [1.82, 2.24) is 0 Å². The van der Waals surface area contributed by atoms with E-state index in [0.717, 1.165) is 11.1 Å². The summed E-state index contributed by atoms with van der Waals surface area (Å²) in [6.45, 7) is 10.6. The van der Waals surface area contributed by atoms with Crippen molar-refractivity contribution in [3.05, 3.63) is 23.3 Å². The van der Waals surface area contributed by atoms with E-state index >= 15 is 0 Å². The second kappa shape index (κ2) is 8.19. The number of allylic oxidation sites excluding steroid dienone is 3. The summed E-state index contributed by atoms with van der Waals surface area (Å²) in [5, 5.41) is 21.6. The van der Waals surface area contributed by atoms with Gasteiger partial charge in [-0.1, -0.05) is 37.1 Å². The summed E-state index contributed by atoms with van der Waals surface area (Å²) in [6, 6.07) is 0. The molecule has 0 aromatic heterocycles. The van der Waals surface area contributed by atoms with Crippen LogP contribution in [0.25, 0.3) is 0 Å². The molecule has 0 heterocycles. The lowest BCUT2D eigenvalue weighted by molar-refractivity contribution is -0.155. The summed E-state index contributed by atoms with van der Waals surface area (Å²) < 4.78 is 0. The molecular formula is C20H30O5. The lowest BCUT2D eigenvalue weighted by Gasteiger charge is -2.31. The summed E-state index contributed by atoms with van der Waals surface area (Å²) in [7, 11) is 0. The molecule has 0 radical (unpaired) electrons. The molecule has 4 atom stereocenters. The smallest absolute Gasteiger partial charge is 0.185 e. The SMILES string of the molecule is CC(C)=CC[C@@H](O)[C@@]1(O)C(=O)C(C(=O)C(C)C)C(=O)[C@@H]1CC=C(C)C. The van der Waals surface area contributed by atoms with Gasteiger partial charge in [0.05, 0.1) is 12.0 Å². The molecule has 0 aliphatic heterocycles. The number of hydrogen-bond donors (Lipinski definition) is 2. The van der Waals surface area contributed by atoms with Gasteiger partial charge in [0.1, 0.15) is 5.92 Å². The molecule has 25 heavy (non-hydrogen) atoms. The maximum absolute atomic E-state index is 12.8. The maximum atomic E-state index is 12.8. The summed E-state index contributed by atoms with van der Waals surface area (Å²) in [5.41, 5.74) is -0.375. The molecule has 1 unspecified atom stereocenters. The summed E-state index contributed by atoms with van der Waals surface area (Å²) in [4.78, 5) is 38.0. The highest BCUT2D eigenvalue weighted by atomic mass is 16.4. The Balaban J connectivity index is 3.34. The molecule has 0 aromatic rings. The Morgan fingerprint density at radius 1 is 1.12 bits per heavy atom. The van der Waals surface area contributed by atoms with Crippen molar-refractivity contribution in [2.24, 2.45) is 17.8 Å². The number of aliphatic hydroxyl groups is 2. The van der Waals surface area contributed by atoms with Gasteiger partial charge in [0.25, 0.3) is 0 Å². The van der Waals surface area contributed by atoms with Crippen LogP contribution in [0.5, 0.6) is 0 Å². The molecule has 0 amide bonds. The van der Waals surface area contributed by atoms with Gasteiger partial charge >= 0.3 is 0 Å². The number of hydrogen-bond acceptors (Lipinski definition) is 5. The number of rotatable bonds is 7. The van der Waals surface area contributed by atoms with E-state index < -0.39 is 46.8 Å². The average molecular weight is 350 g/mol. The minimum absolute atomic E-state index is 0.0474. The molecule has 140 valence electrons. The Morgan fingerprint density at radius 3 is 2.08 bits per heavy atom. The second-order valence-corrected chi connectivity index (χ2v) is 7.68. The van der Waals surface area contributed by atoms with E-state index in [2.05, 4.69) is 0 Å². The van der Waals surface area contributed by atoms with Crippen molar-refractivity contribution in [3.8, 4) is 0 Å². The summed E-state index contributed by atoms with van der Waals surface area (Å²) >= 11 is 0. The molecular weight excluding hydrogens is 320 g/mol. The predicted molar refractivity (Wildman–Crippen MR) is 95.9 cm³/mol. The molecule has 0 saturated heterocycles. The van der Waals surface area contributed by atoms with Gasteiger partial charge in [-0.15, -0.1) is 0 Å². The van der Waals surface area contributed by atoms with Crippen LogP contribution < -0.4 is 0 Å². The molecule has 0 spiro atoms. The molecule has 1 aliphatic carbocycles. The first-order valence-corrected chi connectivity index (χ1v) is 8.73. The molecule has 1 rings (SSSR count). The molecule has 0 bridgehead atoms. The molecule has 1 aliphatic rings. The minimum atomic E-state index is -2.23. The zero-order chi connectivity index (χ0) is 19.5. The zero-order valence-electron chi connectivity index (χ0n) is 16.0. The van der Waals surface area contributed by atoms with E-state index in [1.54, 1.807) is 26.0 Å². The van der Waals surface area contributed by atoms with Crippen molar-refractivity contribution >= 4 is 17.3 Å². The Hall–Kier alpha value is -1.59. The van der Waals surface area contributed by atoms with Crippen LogP contribution in [0.4, 0.5) is 0 Å². The first-order chi connectivity index (χ1) is 11.4. The van der Waals surface area contributed by atoms with Crippen LogP contribution >= 0.6 is 0 Å². The Kier molecular flexibility index (Phi) is 7.03. The fourth-order valence-electron chi connectivity index (χ4n) is 3.13. The third kappa shape index (κ3) is 4.33. The van der Waals surface area contributed by atoms with Crippen molar-refractivity contribution < 1.29 is 24.6 Å². The summed E-state index contributed by atoms with van der Waals surface area (Å²) in [5.74, 6) is -5.04. The largest absolute Gasteiger partial charge is 0.389 e. The maximum Gasteiger partial charge on any atom is 0.185 e. The standard InChI is InChI=1S/C20H30O5/c1-11(2)7-9-14-18(23)16(17(22)13(5)6)19(24)20(14,25)15(21)10-8-12(3)4/h7-8,13-16,21,25H,9-10H2,1-6H3/t14-,15+,16?,20+/m0/s1. The summed E-state index contributed by atoms with van der Waals surface area (Å²) in [6.07, 6.45) is 2.19. The highest BCUT2D eigenvalue weighted by Crippen LogP contribution is 2.41. The third-order valence-corrected chi connectivity index (χ3v) is 4.69. The Labute approximate surface area is 149 Å². The monoisotopic (exact) mass is 350 g/mol. The van der Waals surface area contributed by atoms with Gasteiger partial charge in [0.2, 0.25) is 0 Å². The fourth-order valence-corrected chi connectivity index (χ4v) is 3.13. The van der Waals surface area contributed by atoms with Crippen LogP contribution in [0.3, 0.4) is 0 Å². The number of carbonyl (C=O) groups is 3. The third-order valence-electron chi connectivity index (χ3n) is 4.69. The van der Waals surface area contributed by atoms with Crippen molar-refractivity contribution in [2.45, 2.75) is 66.1 Å². The van der Waals surface area contributed by atoms with E-state index in [1.807, 2.05) is 27.7 Å². The first kappa shape index (κ1) is 21.5. The van der Waals surface area contributed by atoms with E-state index in [0.29, 0.717) is 0 Å². The van der Waals surface area contributed by atoms with Gasteiger partial charge in [-0.3, -0.25) is 14.4 Å². The second-order valence-electron chi connectivity index (χ2n) is 7.68. The van der Waals surface area contributed by atoms with Crippen molar-refractivity contribution in [2.75, 3.05) is 0 Å². The predicted octanol–water partition coefficient (Wildman–Crippen LogP) is 2.40. The van der Waals surface area contributed by atoms with Crippen molar-refractivity contribution in [1.29, 1.82) is 0 Å². The fraction of sp³-hybridized carbons (Fsp3) is 0.650. The Morgan fingerprint density at radius 2 is 1.64 bits per heavy atom. The number of aliphatic hydroxyl groups excluding tert-OH is 1. The number of Topliss-reactive ketones (excluding diaryl/α,β-unsaturated/α-hetero) is 3. The Bertz CT molecular complexity index is 606. The van der Waals surface area contributed by atoms with E-state index in [-0.39, 0.29) is 12.8 Å². The zero-order valence-corrected chi connectivity index (χ0v) is 16.0. The first-order valence-electron chi connectivity index (χ1n) is 8.73. The van der Waals surface area contributed by atoms with E-state index in [4.69, 9.17) is 0 Å². The topological polar surface area (TPSA) is 91.7 Å². The lowest BCUT2D eigenvalue weighted by atomic mass is 9.80. The molecule has 2 N–H and O–H groups in total. The lowest BCUT2D eigenvalue weighted by Crippen LogP contribution is -2.52. The highest BCUT2D eigenvalue weighted by Gasteiger charge is 2.63. The van der Waals surface area contributed by atoms with Crippen LogP contribution in [0.1, 0.15) is 54.4 Å². The van der Waals surface area contributed by atoms with Crippen molar-refractivity contribution in [3.63, 3.8) is 0 Å². The normalized spacial score (nSPS) is 27.4. The van der Waals surface area contributed by atoms with Gasteiger partial charge in [-0.25, -0.2) is 0 Å². The highest BCUT2D eigenvalue weighted by molar-refractivity contribution is 6.27.